The van der Waals surface area contributed by atoms with E-state index < -0.39 is 0 Å². The molecule has 0 N–H and O–H groups in total. The van der Waals surface area contributed by atoms with Crippen molar-refractivity contribution in [3.8, 4) is 11.1 Å². The third-order valence-electron chi connectivity index (χ3n) is 5.13. The van der Waals surface area contributed by atoms with E-state index in [4.69, 9.17) is 0 Å². The molecule has 0 unspecified atom stereocenters. The predicted molar refractivity (Wildman–Crippen MR) is 113 cm³/mol. The molecule has 0 aliphatic heterocycles. The quantitative estimate of drug-likeness (QED) is 0.299. The summed E-state index contributed by atoms with van der Waals surface area (Å²) in [6, 6.07) is 33.1. The number of rotatable bonds is 1. The molecule has 0 aromatic heterocycles. The van der Waals surface area contributed by atoms with Gasteiger partial charge in [0.2, 0.25) is 0 Å². The van der Waals surface area contributed by atoms with Crippen LogP contribution in [0.2, 0.25) is 0 Å². The molecule has 0 fully saturated rings. The summed E-state index contributed by atoms with van der Waals surface area (Å²) in [7, 11) is 2.13. The number of hydrogen-bond donors (Lipinski definition) is 0. The van der Waals surface area contributed by atoms with Crippen LogP contribution in [-0.4, -0.2) is 7.85 Å². The fourth-order valence-electron chi connectivity index (χ4n) is 3.83. The first kappa shape index (κ1) is 14.3. The zero-order chi connectivity index (χ0) is 16.8. The van der Waals surface area contributed by atoms with Crippen LogP contribution in [0.4, 0.5) is 0 Å². The van der Waals surface area contributed by atoms with Gasteiger partial charge in [0.05, 0.1) is 0 Å². The van der Waals surface area contributed by atoms with Gasteiger partial charge in [0.25, 0.3) is 0 Å². The summed E-state index contributed by atoms with van der Waals surface area (Å²) < 4.78 is 0. The molecule has 0 heterocycles. The van der Waals surface area contributed by atoms with Crippen molar-refractivity contribution in [3.05, 3.63) is 91.0 Å². The van der Waals surface area contributed by atoms with Crippen LogP contribution in [0.3, 0.4) is 0 Å². The topological polar surface area (TPSA) is 0 Å². The summed E-state index contributed by atoms with van der Waals surface area (Å²) in [4.78, 5) is 0. The highest BCUT2D eigenvalue weighted by atomic mass is 14.1. The molecule has 5 rings (SSSR count). The average Bonchev–Trinajstić information content (AvgIpc) is 2.68. The summed E-state index contributed by atoms with van der Waals surface area (Å²) in [6.07, 6.45) is 0. The third-order valence-corrected chi connectivity index (χ3v) is 5.13. The molecule has 0 saturated heterocycles. The van der Waals surface area contributed by atoms with E-state index in [2.05, 4.69) is 98.8 Å². The second kappa shape index (κ2) is 5.49. The molecule has 0 aliphatic rings. The standard InChI is InChI=1S/C24H17B/c25-18-12-9-16(10-13-18)17-11-14-23-21-7-2-1-5-19(21)20-6-3-4-8-22(20)24(23)15-17/h1-15H,25H2. The fourth-order valence-corrected chi connectivity index (χ4v) is 3.83. The van der Waals surface area contributed by atoms with Crippen LogP contribution in [-0.2, 0) is 0 Å². The molecule has 116 valence electrons. The number of benzene rings is 5. The van der Waals surface area contributed by atoms with Gasteiger partial charge < -0.3 is 0 Å². The van der Waals surface area contributed by atoms with Gasteiger partial charge in [-0.05, 0) is 49.5 Å². The molecule has 0 nitrogen and oxygen atoms in total. The smallest absolute Gasteiger partial charge is 0.0889 e. The second-order valence-electron chi connectivity index (χ2n) is 6.72. The van der Waals surface area contributed by atoms with E-state index in [-0.39, 0.29) is 0 Å². The Hall–Kier alpha value is -3.06. The van der Waals surface area contributed by atoms with Crippen LogP contribution < -0.4 is 5.46 Å². The normalized spacial score (nSPS) is 11.4. The van der Waals surface area contributed by atoms with Crippen LogP contribution in [0.25, 0.3) is 43.4 Å². The third kappa shape index (κ3) is 2.24. The Bertz CT molecular complexity index is 1200. The summed E-state index contributed by atoms with van der Waals surface area (Å²) in [6.45, 7) is 0. The maximum Gasteiger partial charge on any atom is 0.139 e. The highest BCUT2D eigenvalue weighted by molar-refractivity contribution is 6.32. The summed E-state index contributed by atoms with van der Waals surface area (Å²) in [5, 5.41) is 7.95. The van der Waals surface area contributed by atoms with E-state index in [1.165, 1.54) is 48.9 Å². The Morgan fingerprint density at radius 3 is 1.40 bits per heavy atom. The van der Waals surface area contributed by atoms with Gasteiger partial charge in [0.1, 0.15) is 7.85 Å². The van der Waals surface area contributed by atoms with Crippen molar-refractivity contribution in [3.63, 3.8) is 0 Å². The summed E-state index contributed by atoms with van der Waals surface area (Å²) in [5.41, 5.74) is 3.83. The predicted octanol–water partition coefficient (Wildman–Crippen LogP) is 5.07. The Balaban J connectivity index is 1.91. The van der Waals surface area contributed by atoms with E-state index in [9.17, 15) is 0 Å². The van der Waals surface area contributed by atoms with Crippen LogP contribution in [0, 0.1) is 0 Å². The first-order valence-electron chi connectivity index (χ1n) is 8.71. The fraction of sp³-hybridized carbons (Fsp3) is 0. The molecule has 0 atom stereocenters. The van der Waals surface area contributed by atoms with Crippen LogP contribution in [0.15, 0.2) is 91.0 Å². The first-order chi connectivity index (χ1) is 12.3. The highest BCUT2D eigenvalue weighted by Gasteiger charge is 2.09. The van der Waals surface area contributed by atoms with Crippen molar-refractivity contribution in [2.24, 2.45) is 0 Å². The lowest BCUT2D eigenvalue weighted by atomic mass is 9.90. The van der Waals surface area contributed by atoms with E-state index >= 15 is 0 Å². The number of fused-ring (bicyclic) bond motifs is 6. The summed E-state index contributed by atoms with van der Waals surface area (Å²) in [5.74, 6) is 0. The van der Waals surface area contributed by atoms with Gasteiger partial charge in [-0.2, -0.15) is 0 Å². The van der Waals surface area contributed by atoms with Gasteiger partial charge in [0.15, 0.2) is 0 Å². The summed E-state index contributed by atoms with van der Waals surface area (Å²) >= 11 is 0. The van der Waals surface area contributed by atoms with Crippen molar-refractivity contribution in [1.29, 1.82) is 0 Å². The molecule has 0 amide bonds. The van der Waals surface area contributed by atoms with E-state index in [0.717, 1.165) is 0 Å². The van der Waals surface area contributed by atoms with Crippen molar-refractivity contribution < 1.29 is 0 Å². The van der Waals surface area contributed by atoms with Crippen molar-refractivity contribution in [2.75, 3.05) is 0 Å². The molecule has 0 radical (unpaired) electrons. The van der Waals surface area contributed by atoms with Crippen LogP contribution >= 0.6 is 0 Å². The van der Waals surface area contributed by atoms with Gasteiger partial charge >= 0.3 is 0 Å². The minimum absolute atomic E-state index is 1.27. The zero-order valence-electron chi connectivity index (χ0n) is 14.2. The van der Waals surface area contributed by atoms with Gasteiger partial charge in [-0.15, -0.1) is 0 Å². The Morgan fingerprint density at radius 2 is 0.840 bits per heavy atom. The minimum Gasteiger partial charge on any atom is -0.0889 e. The molecule has 0 aliphatic carbocycles. The van der Waals surface area contributed by atoms with Crippen molar-refractivity contribution >= 4 is 45.6 Å². The maximum atomic E-state index is 2.34. The Morgan fingerprint density at radius 1 is 0.400 bits per heavy atom. The molecule has 0 saturated carbocycles. The van der Waals surface area contributed by atoms with Gasteiger partial charge in [0, 0.05) is 0 Å². The van der Waals surface area contributed by atoms with Crippen LogP contribution in [0.5, 0.6) is 0 Å². The van der Waals surface area contributed by atoms with E-state index in [1.807, 2.05) is 0 Å². The van der Waals surface area contributed by atoms with E-state index in [1.54, 1.807) is 0 Å². The Kier molecular flexibility index (Phi) is 3.14. The molecular weight excluding hydrogens is 299 g/mol. The van der Waals surface area contributed by atoms with Crippen molar-refractivity contribution in [2.45, 2.75) is 0 Å². The van der Waals surface area contributed by atoms with Gasteiger partial charge in [-0.3, -0.25) is 0 Å². The lowest BCUT2D eigenvalue weighted by Gasteiger charge is -2.12. The number of hydrogen-bond acceptors (Lipinski definition) is 0. The van der Waals surface area contributed by atoms with Gasteiger partial charge in [-0.25, -0.2) is 0 Å². The Labute approximate surface area is 148 Å². The average molecular weight is 316 g/mol. The molecule has 1 heteroatoms. The zero-order valence-corrected chi connectivity index (χ0v) is 14.2. The molecule has 25 heavy (non-hydrogen) atoms. The highest BCUT2D eigenvalue weighted by Crippen LogP contribution is 2.36. The molecule has 5 aromatic rings. The second-order valence-corrected chi connectivity index (χ2v) is 6.72. The van der Waals surface area contributed by atoms with Gasteiger partial charge in [-0.1, -0.05) is 90.4 Å². The van der Waals surface area contributed by atoms with Crippen LogP contribution in [0.1, 0.15) is 0 Å². The lowest BCUT2D eigenvalue weighted by Crippen LogP contribution is -1.99. The molecule has 0 spiro atoms. The monoisotopic (exact) mass is 316 g/mol. The SMILES string of the molecule is Bc1ccc(-c2ccc3c4ccccc4c4ccccc4c3c2)cc1. The lowest BCUT2D eigenvalue weighted by molar-refractivity contribution is 1.68. The van der Waals surface area contributed by atoms with E-state index in [0.29, 0.717) is 0 Å². The first-order valence-corrected chi connectivity index (χ1v) is 8.71. The molecule has 5 aromatic carbocycles. The largest absolute Gasteiger partial charge is 0.139 e. The molecule has 0 bridgehead atoms. The minimum atomic E-state index is 1.27. The molecular formula is C24H17B. The maximum absolute atomic E-state index is 2.34. The van der Waals surface area contributed by atoms with Crippen molar-refractivity contribution in [1.82, 2.24) is 0 Å².